The Labute approximate surface area is 114 Å². The van der Waals surface area contributed by atoms with Gasteiger partial charge in [-0.25, -0.2) is 8.42 Å². The molecule has 3 nitrogen and oxygen atoms in total. The van der Waals surface area contributed by atoms with Crippen molar-refractivity contribution in [1.82, 2.24) is 0 Å². The van der Waals surface area contributed by atoms with Gasteiger partial charge in [0.15, 0.2) is 9.84 Å². The third-order valence-corrected chi connectivity index (χ3v) is 4.93. The molecule has 0 saturated heterocycles. The Morgan fingerprint density at radius 3 is 2.16 bits per heavy atom. The molecule has 0 fully saturated rings. The highest BCUT2D eigenvalue weighted by molar-refractivity contribution is 7.90. The summed E-state index contributed by atoms with van der Waals surface area (Å²) in [6.45, 7) is 2.15. The molecule has 2 N–H and O–H groups in total. The molecule has 100 valence electrons. The molecule has 0 atom stereocenters. The van der Waals surface area contributed by atoms with E-state index in [0.717, 1.165) is 16.7 Å². The van der Waals surface area contributed by atoms with Crippen LogP contribution in [-0.2, 0) is 22.1 Å². The van der Waals surface area contributed by atoms with E-state index in [4.69, 9.17) is 5.73 Å². The molecule has 0 bridgehead atoms. The van der Waals surface area contributed by atoms with Crippen LogP contribution in [0.15, 0.2) is 53.4 Å². The topological polar surface area (TPSA) is 60.2 Å². The number of sulfone groups is 1. The summed E-state index contributed by atoms with van der Waals surface area (Å²) in [5.74, 6) is -0.00870. The van der Waals surface area contributed by atoms with Crippen molar-refractivity contribution in [3.05, 3.63) is 65.2 Å². The van der Waals surface area contributed by atoms with Crippen molar-refractivity contribution in [3.63, 3.8) is 0 Å². The summed E-state index contributed by atoms with van der Waals surface area (Å²) in [5.41, 5.74) is 8.06. The average molecular weight is 275 g/mol. The van der Waals surface area contributed by atoms with Gasteiger partial charge in [0.1, 0.15) is 0 Å². The molecule has 0 aliphatic carbocycles. The van der Waals surface area contributed by atoms with E-state index in [1.54, 1.807) is 12.1 Å². The minimum Gasteiger partial charge on any atom is -0.326 e. The molecule has 2 aromatic rings. The van der Waals surface area contributed by atoms with Crippen molar-refractivity contribution in [2.45, 2.75) is 24.1 Å². The van der Waals surface area contributed by atoms with Gasteiger partial charge >= 0.3 is 0 Å². The number of hydrogen-bond donors (Lipinski definition) is 1. The lowest BCUT2D eigenvalue weighted by Crippen LogP contribution is -2.10. The molecular weight excluding hydrogens is 258 g/mol. The number of hydrogen-bond acceptors (Lipinski definition) is 3. The zero-order valence-corrected chi connectivity index (χ0v) is 11.7. The molecule has 19 heavy (non-hydrogen) atoms. The fourth-order valence-corrected chi connectivity index (χ4v) is 3.78. The SMILES string of the molecule is Cc1ccccc1S(=O)(=O)Cc1ccccc1CN. The number of nitrogens with two attached hydrogens (primary N) is 1. The van der Waals surface area contributed by atoms with E-state index in [2.05, 4.69) is 0 Å². The normalized spacial score (nSPS) is 11.5. The molecule has 4 heteroatoms. The van der Waals surface area contributed by atoms with Crippen LogP contribution in [0.2, 0.25) is 0 Å². The lowest BCUT2D eigenvalue weighted by Gasteiger charge is -2.10. The number of rotatable bonds is 4. The predicted molar refractivity (Wildman–Crippen MR) is 76.4 cm³/mol. The second-order valence-electron chi connectivity index (χ2n) is 4.50. The molecule has 0 amide bonds. The molecule has 2 rings (SSSR count). The summed E-state index contributed by atoms with van der Waals surface area (Å²) in [6.07, 6.45) is 0. The number of aryl methyl sites for hydroxylation is 1. The van der Waals surface area contributed by atoms with Crippen molar-refractivity contribution in [2.75, 3.05) is 0 Å². The zero-order valence-electron chi connectivity index (χ0n) is 10.8. The van der Waals surface area contributed by atoms with Gasteiger partial charge < -0.3 is 5.73 Å². The Morgan fingerprint density at radius 2 is 1.53 bits per heavy atom. The van der Waals surface area contributed by atoms with Gasteiger partial charge in [0.25, 0.3) is 0 Å². The minimum atomic E-state index is -3.33. The van der Waals surface area contributed by atoms with Gasteiger partial charge in [-0.1, -0.05) is 42.5 Å². The summed E-state index contributed by atoms with van der Waals surface area (Å²) >= 11 is 0. The zero-order chi connectivity index (χ0) is 13.9. The first-order valence-corrected chi connectivity index (χ1v) is 7.75. The first kappa shape index (κ1) is 13.8. The van der Waals surface area contributed by atoms with E-state index < -0.39 is 9.84 Å². The molecule has 0 spiro atoms. The molecule has 0 saturated carbocycles. The fourth-order valence-electron chi connectivity index (χ4n) is 2.09. The van der Waals surface area contributed by atoms with E-state index in [9.17, 15) is 8.42 Å². The summed E-state index contributed by atoms with van der Waals surface area (Å²) in [7, 11) is -3.33. The maximum absolute atomic E-state index is 12.4. The Morgan fingerprint density at radius 1 is 0.947 bits per heavy atom. The quantitative estimate of drug-likeness (QED) is 0.932. The number of benzene rings is 2. The Hall–Kier alpha value is -1.65. The molecule has 2 aromatic carbocycles. The molecular formula is C15H17NO2S. The second-order valence-corrected chi connectivity index (χ2v) is 6.46. The monoisotopic (exact) mass is 275 g/mol. The van der Waals surface area contributed by atoms with Gasteiger partial charge in [-0.3, -0.25) is 0 Å². The molecule has 0 aliphatic heterocycles. The highest BCUT2D eigenvalue weighted by atomic mass is 32.2. The van der Waals surface area contributed by atoms with Crippen LogP contribution in [0.1, 0.15) is 16.7 Å². The Balaban J connectivity index is 2.40. The van der Waals surface area contributed by atoms with Crippen molar-refractivity contribution >= 4 is 9.84 Å². The van der Waals surface area contributed by atoms with E-state index in [1.165, 1.54) is 0 Å². The van der Waals surface area contributed by atoms with Crippen LogP contribution >= 0.6 is 0 Å². The minimum absolute atomic E-state index is 0.00870. The standard InChI is InChI=1S/C15H17NO2S/c1-12-6-2-5-9-15(12)19(17,18)11-14-8-4-3-7-13(14)10-16/h2-9H,10-11,16H2,1H3. The van der Waals surface area contributed by atoms with Crippen molar-refractivity contribution in [2.24, 2.45) is 5.73 Å². The summed E-state index contributed by atoms with van der Waals surface area (Å²) in [6, 6.07) is 14.4. The van der Waals surface area contributed by atoms with Crippen molar-refractivity contribution in [3.8, 4) is 0 Å². The summed E-state index contributed by atoms with van der Waals surface area (Å²) in [5, 5.41) is 0. The van der Waals surface area contributed by atoms with Gasteiger partial charge in [0, 0.05) is 6.54 Å². The van der Waals surface area contributed by atoms with Crippen LogP contribution in [0.4, 0.5) is 0 Å². The van der Waals surface area contributed by atoms with Crippen molar-refractivity contribution in [1.29, 1.82) is 0 Å². The lowest BCUT2D eigenvalue weighted by atomic mass is 10.1. The Kier molecular flexibility index (Phi) is 4.02. The molecule has 0 heterocycles. The van der Waals surface area contributed by atoms with Crippen LogP contribution in [0.5, 0.6) is 0 Å². The van der Waals surface area contributed by atoms with E-state index in [-0.39, 0.29) is 5.75 Å². The van der Waals surface area contributed by atoms with Crippen LogP contribution in [-0.4, -0.2) is 8.42 Å². The predicted octanol–water partition coefficient (Wildman–Crippen LogP) is 2.43. The highest BCUT2D eigenvalue weighted by Crippen LogP contribution is 2.21. The fraction of sp³-hybridized carbons (Fsp3) is 0.200. The third kappa shape index (κ3) is 3.03. The Bertz CT molecular complexity index is 678. The van der Waals surface area contributed by atoms with Crippen molar-refractivity contribution < 1.29 is 8.42 Å². The van der Waals surface area contributed by atoms with Gasteiger partial charge in [-0.15, -0.1) is 0 Å². The third-order valence-electron chi connectivity index (χ3n) is 3.11. The summed E-state index contributed by atoms with van der Waals surface area (Å²) in [4.78, 5) is 0.391. The van der Waals surface area contributed by atoms with Crippen LogP contribution in [0, 0.1) is 6.92 Å². The average Bonchev–Trinajstić information content (AvgIpc) is 2.39. The second kappa shape index (κ2) is 5.55. The van der Waals surface area contributed by atoms with Crippen LogP contribution in [0.25, 0.3) is 0 Å². The van der Waals surface area contributed by atoms with E-state index in [0.29, 0.717) is 11.4 Å². The van der Waals surface area contributed by atoms with Gasteiger partial charge in [0.05, 0.1) is 10.6 Å². The smallest absolute Gasteiger partial charge is 0.182 e. The summed E-state index contributed by atoms with van der Waals surface area (Å²) < 4.78 is 24.9. The molecule has 0 unspecified atom stereocenters. The first-order valence-electron chi connectivity index (χ1n) is 6.10. The maximum atomic E-state index is 12.4. The van der Waals surface area contributed by atoms with Crippen LogP contribution in [0.3, 0.4) is 0 Å². The van der Waals surface area contributed by atoms with E-state index >= 15 is 0 Å². The first-order chi connectivity index (χ1) is 9.04. The molecule has 0 aromatic heterocycles. The van der Waals surface area contributed by atoms with Gasteiger partial charge in [-0.2, -0.15) is 0 Å². The highest BCUT2D eigenvalue weighted by Gasteiger charge is 2.18. The maximum Gasteiger partial charge on any atom is 0.182 e. The van der Waals surface area contributed by atoms with E-state index in [1.807, 2.05) is 43.3 Å². The lowest BCUT2D eigenvalue weighted by molar-refractivity contribution is 0.594. The largest absolute Gasteiger partial charge is 0.326 e. The molecule has 0 aliphatic rings. The van der Waals surface area contributed by atoms with Crippen LogP contribution < -0.4 is 5.73 Å². The van der Waals surface area contributed by atoms with Gasteiger partial charge in [0.2, 0.25) is 0 Å². The van der Waals surface area contributed by atoms with Gasteiger partial charge in [-0.05, 0) is 29.7 Å². The molecule has 0 radical (unpaired) electrons.